The fourth-order valence-corrected chi connectivity index (χ4v) is 10.3. The van der Waals surface area contributed by atoms with Gasteiger partial charge in [-0.15, -0.1) is 18.3 Å². The van der Waals surface area contributed by atoms with Crippen LogP contribution >= 0.6 is 11.8 Å². The molecule has 4 aliphatic rings. The molecule has 222 valence electrons. The molecule has 0 amide bonds. The highest BCUT2D eigenvalue weighted by atomic mass is 32.2. The third kappa shape index (κ3) is 5.28. The number of hydrogen-bond donors (Lipinski definition) is 2. The first-order valence-electron chi connectivity index (χ1n) is 15.4. The Labute approximate surface area is 240 Å². The normalized spacial score (nSPS) is 46.3. The van der Waals surface area contributed by atoms with Crippen molar-refractivity contribution in [2.24, 2.45) is 34.0 Å². The average molecular weight is 564 g/mol. The van der Waals surface area contributed by atoms with Crippen LogP contribution in [0.1, 0.15) is 92.9 Å². The van der Waals surface area contributed by atoms with E-state index < -0.39 is 29.1 Å². The fraction of sp³-hybridized carbons (Fsp3) is 0.875. The first kappa shape index (κ1) is 31.1. The predicted molar refractivity (Wildman–Crippen MR) is 157 cm³/mol. The Hall–Kier alpha value is -0.890. The van der Waals surface area contributed by atoms with Gasteiger partial charge in [0, 0.05) is 34.5 Å². The summed E-state index contributed by atoms with van der Waals surface area (Å²) in [6.07, 6.45) is 6.58. The van der Waals surface area contributed by atoms with Crippen LogP contribution in [-0.4, -0.2) is 75.3 Å². The van der Waals surface area contributed by atoms with E-state index >= 15 is 0 Å². The van der Waals surface area contributed by atoms with Crippen molar-refractivity contribution in [3.63, 3.8) is 0 Å². The van der Waals surface area contributed by atoms with E-state index in [0.29, 0.717) is 18.9 Å². The molecule has 4 fully saturated rings. The van der Waals surface area contributed by atoms with Crippen molar-refractivity contribution < 1.29 is 24.5 Å². The van der Waals surface area contributed by atoms with E-state index in [1.54, 1.807) is 0 Å². The number of aliphatic hydroxyl groups is 2. The minimum atomic E-state index is -0.661. The summed E-state index contributed by atoms with van der Waals surface area (Å²) in [4.78, 5) is 29.5. The van der Waals surface area contributed by atoms with Gasteiger partial charge in [-0.05, 0) is 75.3 Å². The minimum absolute atomic E-state index is 0.00333. The zero-order chi connectivity index (χ0) is 28.8. The van der Waals surface area contributed by atoms with E-state index in [-0.39, 0.29) is 45.9 Å². The molecule has 0 aromatic rings. The lowest BCUT2D eigenvalue weighted by molar-refractivity contribution is -0.205. The van der Waals surface area contributed by atoms with Gasteiger partial charge in [-0.3, -0.25) is 9.59 Å². The smallest absolute Gasteiger partial charge is 0.316 e. The third-order valence-electron chi connectivity index (χ3n) is 12.0. The number of carbonyl (C=O) groups excluding carboxylic acids is 2. The summed E-state index contributed by atoms with van der Waals surface area (Å²) in [5, 5.41) is 22.4. The quantitative estimate of drug-likeness (QED) is 0.308. The van der Waals surface area contributed by atoms with Crippen molar-refractivity contribution in [1.82, 2.24) is 4.90 Å². The Morgan fingerprint density at radius 1 is 1.15 bits per heavy atom. The van der Waals surface area contributed by atoms with Crippen molar-refractivity contribution >= 4 is 23.5 Å². The lowest BCUT2D eigenvalue weighted by atomic mass is 9.44. The molecule has 6 nitrogen and oxygen atoms in total. The number of aliphatic hydroxyl groups excluding tert-OH is 2. The van der Waals surface area contributed by atoms with Gasteiger partial charge >= 0.3 is 5.97 Å². The molecule has 0 unspecified atom stereocenters. The summed E-state index contributed by atoms with van der Waals surface area (Å²) in [5.41, 5.74) is -1.40. The van der Waals surface area contributed by atoms with E-state index in [0.717, 1.165) is 51.6 Å². The SMILES string of the molecule is C=C[C@]1(C)C[C@@H](OC(=O)CS[C@@H]2C[C@H](N(CC)CC)CC[C@H]2O)[C@]2(C)[C@H](C)CC[C@]3(CCC(=O)[C@H]32)[C@@H](C)[C@@H]1O. The summed E-state index contributed by atoms with van der Waals surface area (Å²) < 4.78 is 6.40. The van der Waals surface area contributed by atoms with E-state index in [4.69, 9.17) is 4.74 Å². The van der Waals surface area contributed by atoms with Gasteiger partial charge in [0.1, 0.15) is 11.9 Å². The molecule has 4 aliphatic carbocycles. The molecule has 39 heavy (non-hydrogen) atoms. The minimum Gasteiger partial charge on any atom is -0.461 e. The summed E-state index contributed by atoms with van der Waals surface area (Å²) in [6.45, 7) is 19.0. The van der Waals surface area contributed by atoms with Crippen LogP contribution in [0.25, 0.3) is 0 Å². The molecule has 0 spiro atoms. The van der Waals surface area contributed by atoms with Crippen molar-refractivity contribution in [2.75, 3.05) is 18.8 Å². The molecule has 0 aromatic heterocycles. The van der Waals surface area contributed by atoms with Crippen LogP contribution in [0.3, 0.4) is 0 Å². The molecule has 4 rings (SSSR count). The molecule has 4 saturated carbocycles. The van der Waals surface area contributed by atoms with Gasteiger partial charge < -0.3 is 19.8 Å². The molecule has 0 radical (unpaired) electrons. The zero-order valence-corrected chi connectivity index (χ0v) is 26.0. The molecule has 2 N–H and O–H groups in total. The van der Waals surface area contributed by atoms with E-state index in [2.05, 4.69) is 46.1 Å². The molecular formula is C32H53NO5S. The maximum absolute atomic E-state index is 13.6. The van der Waals surface area contributed by atoms with Gasteiger partial charge in [-0.1, -0.05) is 47.6 Å². The lowest BCUT2D eigenvalue weighted by Gasteiger charge is -2.61. The summed E-state index contributed by atoms with van der Waals surface area (Å²) in [5.74, 6) is 0.131. The van der Waals surface area contributed by atoms with Crippen LogP contribution in [0.4, 0.5) is 0 Å². The first-order valence-corrected chi connectivity index (χ1v) is 16.5. The number of Topliss-reactive ketones (excluding diaryl/α,β-unsaturated/α-hetero) is 1. The van der Waals surface area contributed by atoms with Gasteiger partial charge in [0.15, 0.2) is 0 Å². The van der Waals surface area contributed by atoms with E-state index in [9.17, 15) is 19.8 Å². The number of ketones is 1. The lowest BCUT2D eigenvalue weighted by Crippen LogP contribution is -2.63. The Kier molecular flexibility index (Phi) is 9.37. The molecule has 7 heteroatoms. The number of thioether (sulfide) groups is 1. The van der Waals surface area contributed by atoms with Crippen molar-refractivity contribution in [2.45, 2.75) is 123 Å². The van der Waals surface area contributed by atoms with E-state index in [1.165, 1.54) is 11.8 Å². The number of rotatable bonds is 8. The fourth-order valence-electron chi connectivity index (χ4n) is 9.21. The van der Waals surface area contributed by atoms with Gasteiger partial charge in [-0.2, -0.15) is 0 Å². The maximum Gasteiger partial charge on any atom is 0.316 e. The number of ether oxygens (including phenoxy) is 1. The summed E-state index contributed by atoms with van der Waals surface area (Å²) in [6, 6.07) is 0.433. The molecule has 11 atom stereocenters. The standard InChI is InChI=1S/C32H53NO5S/c1-8-30(6)18-26(38-27(36)19-39-25-17-22(11-12-23(25)34)33(9-2)10-3)31(7)20(4)13-15-32(21(5)29(30)37)16-14-24(35)28(31)32/h8,20-23,25-26,28-29,34,37H,1,9-19H2,2-7H3/t20-,21+,22-,23-,25-,26-,28+,29+,30-,31+,32+/m1/s1. The molecule has 0 aromatic carbocycles. The molecule has 2 bridgehead atoms. The van der Waals surface area contributed by atoms with Crippen molar-refractivity contribution in [1.29, 1.82) is 0 Å². The van der Waals surface area contributed by atoms with Gasteiger partial charge in [-0.25, -0.2) is 0 Å². The predicted octanol–water partition coefficient (Wildman–Crippen LogP) is 5.25. The monoisotopic (exact) mass is 563 g/mol. The van der Waals surface area contributed by atoms with Crippen LogP contribution < -0.4 is 0 Å². The molecule has 0 saturated heterocycles. The molecule has 0 aliphatic heterocycles. The van der Waals surface area contributed by atoms with Crippen LogP contribution in [0, 0.1) is 34.0 Å². The van der Waals surface area contributed by atoms with Gasteiger partial charge in [0.25, 0.3) is 0 Å². The number of hydrogen-bond acceptors (Lipinski definition) is 7. The van der Waals surface area contributed by atoms with Crippen LogP contribution in [0.5, 0.6) is 0 Å². The highest BCUT2D eigenvalue weighted by Crippen LogP contribution is 2.68. The average Bonchev–Trinajstić information content (AvgIpc) is 3.27. The number of esters is 1. The Balaban J connectivity index is 1.57. The second-order valence-electron chi connectivity index (χ2n) is 13.7. The second-order valence-corrected chi connectivity index (χ2v) is 14.9. The highest BCUT2D eigenvalue weighted by Gasteiger charge is 2.68. The van der Waals surface area contributed by atoms with Crippen LogP contribution in [0.15, 0.2) is 12.7 Å². The number of carbonyl (C=O) groups is 2. The van der Waals surface area contributed by atoms with E-state index in [1.807, 2.05) is 13.0 Å². The largest absolute Gasteiger partial charge is 0.461 e. The van der Waals surface area contributed by atoms with Gasteiger partial charge in [0.05, 0.1) is 18.0 Å². The zero-order valence-electron chi connectivity index (χ0n) is 25.2. The second kappa shape index (κ2) is 11.8. The van der Waals surface area contributed by atoms with Crippen LogP contribution in [0.2, 0.25) is 0 Å². The van der Waals surface area contributed by atoms with Crippen molar-refractivity contribution in [3.05, 3.63) is 12.7 Å². The third-order valence-corrected chi connectivity index (χ3v) is 13.4. The maximum atomic E-state index is 13.6. The summed E-state index contributed by atoms with van der Waals surface area (Å²) in [7, 11) is 0. The van der Waals surface area contributed by atoms with Crippen molar-refractivity contribution in [3.8, 4) is 0 Å². The van der Waals surface area contributed by atoms with Gasteiger partial charge in [0.2, 0.25) is 0 Å². The Bertz CT molecular complexity index is 924. The topological polar surface area (TPSA) is 87.1 Å². The Morgan fingerprint density at radius 3 is 2.49 bits per heavy atom. The number of nitrogens with zero attached hydrogens (tertiary/aromatic N) is 1. The first-order chi connectivity index (χ1) is 18.4. The van der Waals surface area contributed by atoms with Crippen LogP contribution in [-0.2, 0) is 14.3 Å². The summed E-state index contributed by atoms with van der Waals surface area (Å²) >= 11 is 1.51. The Morgan fingerprint density at radius 2 is 1.85 bits per heavy atom. The molecular weight excluding hydrogens is 510 g/mol. The highest BCUT2D eigenvalue weighted by molar-refractivity contribution is 8.00. The molecule has 0 heterocycles.